The van der Waals surface area contributed by atoms with E-state index in [-0.39, 0.29) is 5.92 Å². The molecule has 2 nitrogen and oxygen atoms in total. The van der Waals surface area contributed by atoms with Crippen molar-refractivity contribution in [3.8, 4) is 0 Å². The molecule has 0 fully saturated rings. The lowest BCUT2D eigenvalue weighted by molar-refractivity contribution is -0.142. The van der Waals surface area contributed by atoms with Gasteiger partial charge >= 0.3 is 6.18 Å². The quantitative estimate of drug-likeness (QED) is 0.730. The minimum Gasteiger partial charge on any atom is -0.228 e. The second-order valence-electron chi connectivity index (χ2n) is 3.96. The van der Waals surface area contributed by atoms with Gasteiger partial charge < -0.3 is 0 Å². The number of rotatable bonds is 1. The molecule has 0 aromatic carbocycles. The third-order valence-electron chi connectivity index (χ3n) is 2.49. The van der Waals surface area contributed by atoms with Gasteiger partial charge in [-0.05, 0) is 18.1 Å². The van der Waals surface area contributed by atoms with Crippen molar-refractivity contribution in [2.24, 2.45) is 0 Å². The van der Waals surface area contributed by atoms with E-state index in [1.54, 1.807) is 6.07 Å². The molecule has 0 saturated carbocycles. The van der Waals surface area contributed by atoms with E-state index >= 15 is 0 Å². The summed E-state index contributed by atoms with van der Waals surface area (Å²) in [4.78, 5) is 0. The lowest BCUT2D eigenvalue weighted by Gasteiger charge is -2.09. The van der Waals surface area contributed by atoms with Gasteiger partial charge in [-0.1, -0.05) is 19.9 Å². The summed E-state index contributed by atoms with van der Waals surface area (Å²) >= 11 is 0. The molecule has 2 heterocycles. The Balaban J connectivity index is 2.72. The zero-order chi connectivity index (χ0) is 11.9. The number of halogens is 3. The van der Waals surface area contributed by atoms with Crippen LogP contribution < -0.4 is 0 Å². The summed E-state index contributed by atoms with van der Waals surface area (Å²) in [6, 6.07) is 4.09. The Morgan fingerprint density at radius 3 is 2.50 bits per heavy atom. The standard InChI is InChI=1S/C11H11F3N2/c1-7(2)8-6-15-16-9(8)4-3-5-10(16)11(12,13)14/h3-7H,1-2H3. The number of nitrogens with zero attached hydrogens (tertiary/aromatic N) is 2. The van der Waals surface area contributed by atoms with Crippen LogP contribution in [-0.4, -0.2) is 9.61 Å². The maximum Gasteiger partial charge on any atom is 0.433 e. The van der Waals surface area contributed by atoms with Gasteiger partial charge in [-0.25, -0.2) is 4.52 Å². The van der Waals surface area contributed by atoms with Gasteiger partial charge in [0.25, 0.3) is 0 Å². The Bertz CT molecular complexity index is 511. The molecule has 0 N–H and O–H groups in total. The second-order valence-corrected chi connectivity index (χ2v) is 3.96. The van der Waals surface area contributed by atoms with E-state index in [0.29, 0.717) is 5.52 Å². The summed E-state index contributed by atoms with van der Waals surface area (Å²) < 4.78 is 39.0. The highest BCUT2D eigenvalue weighted by molar-refractivity contribution is 5.56. The molecule has 0 aliphatic rings. The number of aromatic nitrogens is 2. The first-order valence-electron chi connectivity index (χ1n) is 4.95. The molecule has 0 bridgehead atoms. The smallest absolute Gasteiger partial charge is 0.228 e. The number of fused-ring (bicyclic) bond motifs is 1. The van der Waals surface area contributed by atoms with Crippen molar-refractivity contribution in [1.82, 2.24) is 9.61 Å². The average Bonchev–Trinajstić information content (AvgIpc) is 2.58. The van der Waals surface area contributed by atoms with Crippen LogP contribution in [0.3, 0.4) is 0 Å². The molecule has 0 atom stereocenters. The van der Waals surface area contributed by atoms with E-state index < -0.39 is 11.9 Å². The number of hydrogen-bond acceptors (Lipinski definition) is 1. The van der Waals surface area contributed by atoms with Gasteiger partial charge in [-0.2, -0.15) is 18.3 Å². The van der Waals surface area contributed by atoms with Crippen molar-refractivity contribution in [2.45, 2.75) is 25.9 Å². The fourth-order valence-corrected chi connectivity index (χ4v) is 1.69. The van der Waals surface area contributed by atoms with Crippen LogP contribution in [0.25, 0.3) is 5.52 Å². The van der Waals surface area contributed by atoms with Crippen LogP contribution in [0.4, 0.5) is 13.2 Å². The third kappa shape index (κ3) is 1.66. The van der Waals surface area contributed by atoms with Crippen molar-refractivity contribution >= 4 is 5.52 Å². The predicted molar refractivity (Wildman–Crippen MR) is 54.3 cm³/mol. The van der Waals surface area contributed by atoms with Crippen LogP contribution in [0.2, 0.25) is 0 Å². The summed E-state index contributed by atoms with van der Waals surface area (Å²) in [6.07, 6.45) is -2.88. The Kier molecular flexibility index (Phi) is 2.40. The number of alkyl halides is 3. The molecule has 0 radical (unpaired) electrons. The van der Waals surface area contributed by atoms with Gasteiger partial charge in [0.2, 0.25) is 0 Å². The maximum absolute atomic E-state index is 12.7. The van der Waals surface area contributed by atoms with E-state index in [1.807, 2.05) is 13.8 Å². The van der Waals surface area contributed by atoms with Crippen LogP contribution in [-0.2, 0) is 6.18 Å². The summed E-state index contributed by atoms with van der Waals surface area (Å²) in [6.45, 7) is 3.86. The second kappa shape index (κ2) is 3.50. The first-order valence-corrected chi connectivity index (χ1v) is 4.95. The Hall–Kier alpha value is -1.52. The summed E-state index contributed by atoms with van der Waals surface area (Å²) in [5.74, 6) is 0.154. The van der Waals surface area contributed by atoms with Gasteiger partial charge in [0.1, 0.15) is 5.69 Å². The van der Waals surface area contributed by atoms with Gasteiger partial charge in [-0.3, -0.25) is 0 Å². The highest BCUT2D eigenvalue weighted by atomic mass is 19.4. The SMILES string of the molecule is CC(C)c1cnn2c(C(F)(F)F)cccc12. The predicted octanol–water partition coefficient (Wildman–Crippen LogP) is 3.48. The third-order valence-corrected chi connectivity index (χ3v) is 2.49. The molecule has 0 saturated heterocycles. The molecule has 16 heavy (non-hydrogen) atoms. The molecule has 86 valence electrons. The van der Waals surface area contributed by atoms with E-state index in [4.69, 9.17) is 0 Å². The zero-order valence-electron chi connectivity index (χ0n) is 8.92. The van der Waals surface area contributed by atoms with E-state index in [2.05, 4.69) is 5.10 Å². The van der Waals surface area contributed by atoms with Crippen LogP contribution in [0.1, 0.15) is 31.0 Å². The molecular weight excluding hydrogens is 217 g/mol. The van der Waals surface area contributed by atoms with Gasteiger partial charge in [0.05, 0.1) is 11.7 Å². The molecular formula is C11H11F3N2. The van der Waals surface area contributed by atoms with Crippen molar-refractivity contribution in [2.75, 3.05) is 0 Å². The lowest BCUT2D eigenvalue weighted by atomic mass is 10.1. The number of pyridine rings is 1. The average molecular weight is 228 g/mol. The van der Waals surface area contributed by atoms with Crippen molar-refractivity contribution in [1.29, 1.82) is 0 Å². The van der Waals surface area contributed by atoms with Crippen molar-refractivity contribution in [3.63, 3.8) is 0 Å². The van der Waals surface area contributed by atoms with E-state index in [1.165, 1.54) is 12.3 Å². The molecule has 2 aromatic heterocycles. The Morgan fingerprint density at radius 2 is 1.94 bits per heavy atom. The fraction of sp³-hybridized carbons (Fsp3) is 0.364. The highest BCUT2D eigenvalue weighted by Crippen LogP contribution is 2.31. The van der Waals surface area contributed by atoms with Crippen LogP contribution in [0.5, 0.6) is 0 Å². The number of hydrogen-bond donors (Lipinski definition) is 0. The molecule has 0 spiro atoms. The molecule has 5 heteroatoms. The van der Waals surface area contributed by atoms with Gasteiger partial charge in [0, 0.05) is 5.56 Å². The normalized spacial score (nSPS) is 12.6. The first-order chi connectivity index (χ1) is 7.41. The lowest BCUT2D eigenvalue weighted by Crippen LogP contribution is -2.11. The Morgan fingerprint density at radius 1 is 1.25 bits per heavy atom. The van der Waals surface area contributed by atoms with Crippen molar-refractivity contribution in [3.05, 3.63) is 35.7 Å². The fourth-order valence-electron chi connectivity index (χ4n) is 1.69. The maximum atomic E-state index is 12.7. The molecule has 2 aromatic rings. The molecule has 0 aliphatic carbocycles. The van der Waals surface area contributed by atoms with E-state index in [9.17, 15) is 13.2 Å². The van der Waals surface area contributed by atoms with E-state index in [0.717, 1.165) is 16.1 Å². The summed E-state index contributed by atoms with van der Waals surface area (Å²) in [5, 5.41) is 3.80. The Labute approximate surface area is 90.7 Å². The minimum absolute atomic E-state index is 0.154. The van der Waals surface area contributed by atoms with Gasteiger partial charge in [-0.15, -0.1) is 0 Å². The topological polar surface area (TPSA) is 17.3 Å². The highest BCUT2D eigenvalue weighted by Gasteiger charge is 2.34. The van der Waals surface area contributed by atoms with Crippen LogP contribution in [0, 0.1) is 0 Å². The summed E-state index contributed by atoms with van der Waals surface area (Å²) in [5.41, 5.74) is 0.604. The molecule has 0 amide bonds. The molecule has 0 unspecified atom stereocenters. The minimum atomic E-state index is -4.38. The van der Waals surface area contributed by atoms with Crippen LogP contribution in [0.15, 0.2) is 24.4 Å². The zero-order valence-corrected chi connectivity index (χ0v) is 8.92. The molecule has 2 rings (SSSR count). The van der Waals surface area contributed by atoms with Crippen LogP contribution >= 0.6 is 0 Å². The van der Waals surface area contributed by atoms with Gasteiger partial charge in [0.15, 0.2) is 0 Å². The monoisotopic (exact) mass is 228 g/mol. The van der Waals surface area contributed by atoms with Crippen molar-refractivity contribution < 1.29 is 13.2 Å². The first kappa shape index (κ1) is 11.0. The summed E-state index contributed by atoms with van der Waals surface area (Å²) in [7, 11) is 0. The largest absolute Gasteiger partial charge is 0.433 e. The molecule has 0 aliphatic heterocycles.